The molecule has 1 aromatic carbocycles. The van der Waals surface area contributed by atoms with Gasteiger partial charge in [0, 0.05) is 10.2 Å². The van der Waals surface area contributed by atoms with E-state index in [-0.39, 0.29) is 5.75 Å². The van der Waals surface area contributed by atoms with Crippen LogP contribution in [0.5, 0.6) is 0 Å². The van der Waals surface area contributed by atoms with Crippen LogP contribution in [-0.2, 0) is 9.59 Å². The third-order valence-corrected chi connectivity index (χ3v) is 3.57. The molecule has 0 spiro atoms. The van der Waals surface area contributed by atoms with Crippen molar-refractivity contribution < 1.29 is 14.7 Å². The van der Waals surface area contributed by atoms with E-state index in [4.69, 9.17) is 5.73 Å². The fourth-order valence-corrected chi connectivity index (χ4v) is 2.21. The lowest BCUT2D eigenvalue weighted by molar-refractivity contribution is -0.301. The number of hydrogen-bond acceptors (Lipinski definition) is 4. The molecule has 2 N–H and O–H groups in total. The topological polar surface area (TPSA) is 83.2 Å². The minimum Gasteiger partial charge on any atom is -0.549 e. The van der Waals surface area contributed by atoms with Gasteiger partial charge in [-0.05, 0) is 17.7 Å². The molecule has 6 heteroatoms. The smallest absolute Gasteiger partial charge is 0.235 e. The van der Waals surface area contributed by atoms with Gasteiger partial charge in [0.15, 0.2) is 0 Å². The highest BCUT2D eigenvalue weighted by atomic mass is 79.9. The van der Waals surface area contributed by atoms with E-state index in [9.17, 15) is 14.7 Å². The van der Waals surface area contributed by atoms with Crippen LogP contribution in [-0.4, -0.2) is 17.6 Å². The molecule has 0 fully saturated rings. The molecule has 1 amide bonds. The second-order valence-corrected chi connectivity index (χ2v) is 5.03. The van der Waals surface area contributed by atoms with Crippen LogP contribution in [0.4, 0.5) is 0 Å². The summed E-state index contributed by atoms with van der Waals surface area (Å²) in [5, 5.41) is 9.66. The maximum absolute atomic E-state index is 11.2. The first-order chi connectivity index (χ1) is 7.50. The Bertz CT molecular complexity index is 394. The molecule has 1 rings (SSSR count). The van der Waals surface area contributed by atoms with Gasteiger partial charge in [-0.25, -0.2) is 0 Å². The number of thioether (sulfide) groups is 1. The van der Waals surface area contributed by atoms with Gasteiger partial charge >= 0.3 is 0 Å². The third kappa shape index (κ3) is 3.86. The van der Waals surface area contributed by atoms with Gasteiger partial charge in [-0.2, -0.15) is 0 Å². The Balaban J connectivity index is 2.81. The summed E-state index contributed by atoms with van der Waals surface area (Å²) in [6.07, 6.45) is 0. The summed E-state index contributed by atoms with van der Waals surface area (Å²) < 4.78 is 0.879. The standard InChI is InChI=1S/C10H10BrNO3S/c11-7-3-1-6(2-4-7)9(10(12)15)16-5-8(13)14/h1-4,9H,5H2,(H2,12,15)(H,13,14)/p-1/t9-/m0/s1. The largest absolute Gasteiger partial charge is 0.549 e. The van der Waals surface area contributed by atoms with E-state index in [2.05, 4.69) is 15.9 Å². The van der Waals surface area contributed by atoms with E-state index >= 15 is 0 Å². The van der Waals surface area contributed by atoms with Crippen LogP contribution in [0, 0.1) is 0 Å². The molecule has 0 radical (unpaired) electrons. The van der Waals surface area contributed by atoms with Gasteiger partial charge in [-0.15, -0.1) is 11.8 Å². The van der Waals surface area contributed by atoms with Gasteiger partial charge in [0.1, 0.15) is 5.25 Å². The zero-order valence-electron chi connectivity index (χ0n) is 8.18. The number of hydrogen-bond donors (Lipinski definition) is 1. The Kier molecular flexibility index (Phi) is 4.82. The second kappa shape index (κ2) is 5.91. The SMILES string of the molecule is NC(=O)[C@@H](SCC(=O)[O-])c1ccc(Br)cc1. The Morgan fingerprint density at radius 2 is 1.94 bits per heavy atom. The van der Waals surface area contributed by atoms with Crippen molar-refractivity contribution in [1.29, 1.82) is 0 Å². The molecule has 4 nitrogen and oxygen atoms in total. The van der Waals surface area contributed by atoms with Crippen LogP contribution in [0.2, 0.25) is 0 Å². The van der Waals surface area contributed by atoms with E-state index in [0.717, 1.165) is 16.2 Å². The zero-order chi connectivity index (χ0) is 12.1. The number of primary amides is 1. The zero-order valence-corrected chi connectivity index (χ0v) is 10.6. The predicted molar refractivity (Wildman–Crippen MR) is 63.5 cm³/mol. The quantitative estimate of drug-likeness (QED) is 0.856. The minimum absolute atomic E-state index is 0.260. The first-order valence-electron chi connectivity index (χ1n) is 4.37. The highest BCUT2D eigenvalue weighted by molar-refractivity contribution is 9.10. The van der Waals surface area contributed by atoms with Crippen LogP contribution in [0.15, 0.2) is 28.7 Å². The predicted octanol–water partition coefficient (Wildman–Crippen LogP) is 0.459. The summed E-state index contributed by atoms with van der Waals surface area (Å²) in [6.45, 7) is 0. The van der Waals surface area contributed by atoms with Crippen molar-refractivity contribution in [3.8, 4) is 0 Å². The maximum atomic E-state index is 11.2. The van der Waals surface area contributed by atoms with Crippen molar-refractivity contribution in [3.05, 3.63) is 34.3 Å². The van der Waals surface area contributed by atoms with E-state index in [1.807, 2.05) is 0 Å². The second-order valence-electron chi connectivity index (χ2n) is 3.02. The van der Waals surface area contributed by atoms with Crippen molar-refractivity contribution in [2.24, 2.45) is 5.73 Å². The molecule has 0 aliphatic heterocycles. The fourth-order valence-electron chi connectivity index (χ4n) is 1.13. The number of rotatable bonds is 5. The summed E-state index contributed by atoms with van der Waals surface area (Å²) in [6, 6.07) is 6.99. The van der Waals surface area contributed by atoms with Crippen LogP contribution in [0.1, 0.15) is 10.8 Å². The van der Waals surface area contributed by atoms with E-state index < -0.39 is 17.1 Å². The molecular formula is C10H9BrNO3S-. The fraction of sp³-hybridized carbons (Fsp3) is 0.200. The number of carbonyl (C=O) groups is 2. The molecular weight excluding hydrogens is 294 g/mol. The van der Waals surface area contributed by atoms with Gasteiger partial charge in [-0.3, -0.25) is 4.79 Å². The lowest BCUT2D eigenvalue weighted by Crippen LogP contribution is -2.27. The summed E-state index contributed by atoms with van der Waals surface area (Å²) in [7, 11) is 0. The summed E-state index contributed by atoms with van der Waals surface area (Å²) in [5.41, 5.74) is 5.89. The minimum atomic E-state index is -1.21. The Morgan fingerprint density at radius 1 is 1.38 bits per heavy atom. The monoisotopic (exact) mass is 302 g/mol. The first kappa shape index (κ1) is 13.1. The maximum Gasteiger partial charge on any atom is 0.235 e. The summed E-state index contributed by atoms with van der Waals surface area (Å²) >= 11 is 4.21. The van der Waals surface area contributed by atoms with Crippen LogP contribution >= 0.6 is 27.7 Å². The average molecular weight is 303 g/mol. The molecule has 0 saturated heterocycles. The Hall–Kier alpha value is -1.01. The molecule has 86 valence electrons. The number of carbonyl (C=O) groups excluding carboxylic acids is 2. The van der Waals surface area contributed by atoms with Crippen molar-refractivity contribution >= 4 is 39.6 Å². The Morgan fingerprint density at radius 3 is 2.38 bits per heavy atom. The van der Waals surface area contributed by atoms with E-state index in [1.165, 1.54) is 0 Å². The molecule has 0 saturated carbocycles. The number of benzene rings is 1. The molecule has 1 atom stereocenters. The number of carboxylic acid groups (broad SMARTS) is 1. The number of aliphatic carboxylic acids is 1. The molecule has 1 aromatic rings. The van der Waals surface area contributed by atoms with Gasteiger partial charge in [0.05, 0.1) is 5.97 Å². The van der Waals surface area contributed by atoms with Crippen LogP contribution < -0.4 is 10.8 Å². The van der Waals surface area contributed by atoms with E-state index in [0.29, 0.717) is 5.56 Å². The van der Waals surface area contributed by atoms with Crippen molar-refractivity contribution in [2.75, 3.05) is 5.75 Å². The van der Waals surface area contributed by atoms with Gasteiger partial charge in [0.25, 0.3) is 0 Å². The average Bonchev–Trinajstić information content (AvgIpc) is 2.20. The van der Waals surface area contributed by atoms with Gasteiger partial charge in [0.2, 0.25) is 5.91 Å². The van der Waals surface area contributed by atoms with Crippen molar-refractivity contribution in [2.45, 2.75) is 5.25 Å². The molecule has 0 aliphatic carbocycles. The first-order valence-corrected chi connectivity index (χ1v) is 6.21. The summed E-state index contributed by atoms with van der Waals surface area (Å²) in [4.78, 5) is 21.5. The lowest BCUT2D eigenvalue weighted by Gasteiger charge is -2.13. The number of carboxylic acids is 1. The summed E-state index contributed by atoms with van der Waals surface area (Å²) in [5.74, 6) is -2.04. The van der Waals surface area contributed by atoms with Gasteiger partial charge < -0.3 is 15.6 Å². The highest BCUT2D eigenvalue weighted by Crippen LogP contribution is 2.28. The number of amides is 1. The molecule has 0 unspecified atom stereocenters. The molecule has 0 aliphatic rings. The molecule has 0 heterocycles. The van der Waals surface area contributed by atoms with E-state index in [1.54, 1.807) is 24.3 Å². The lowest BCUT2D eigenvalue weighted by atomic mass is 10.1. The molecule has 16 heavy (non-hydrogen) atoms. The van der Waals surface area contributed by atoms with Gasteiger partial charge in [-0.1, -0.05) is 28.1 Å². The Labute approximate surface area is 105 Å². The number of nitrogens with two attached hydrogens (primary N) is 1. The third-order valence-electron chi connectivity index (χ3n) is 1.80. The van der Waals surface area contributed by atoms with Crippen molar-refractivity contribution in [1.82, 2.24) is 0 Å². The molecule has 0 aromatic heterocycles. The van der Waals surface area contributed by atoms with Crippen LogP contribution in [0.25, 0.3) is 0 Å². The number of halogens is 1. The highest BCUT2D eigenvalue weighted by Gasteiger charge is 2.17. The normalized spacial score (nSPS) is 12.1. The van der Waals surface area contributed by atoms with Crippen LogP contribution in [0.3, 0.4) is 0 Å². The molecule has 0 bridgehead atoms. The van der Waals surface area contributed by atoms with Crippen molar-refractivity contribution in [3.63, 3.8) is 0 Å².